The summed E-state index contributed by atoms with van der Waals surface area (Å²) in [7, 11) is 1.60. The average molecular weight is 347 g/mol. The molecule has 126 valence electrons. The SMILES string of the molecule is COCOc1cc(C)ccc1-c1nnc(Cl)c2c1CC1(CC1)OC2. The number of methoxy groups -OCH3 is 1. The summed E-state index contributed by atoms with van der Waals surface area (Å²) in [4.78, 5) is 0. The van der Waals surface area contributed by atoms with Gasteiger partial charge in [0.2, 0.25) is 0 Å². The molecule has 0 atom stereocenters. The molecule has 2 heterocycles. The van der Waals surface area contributed by atoms with Gasteiger partial charge in [-0.3, -0.25) is 0 Å². The van der Waals surface area contributed by atoms with E-state index in [-0.39, 0.29) is 12.4 Å². The molecule has 0 saturated heterocycles. The summed E-state index contributed by atoms with van der Waals surface area (Å²) in [6, 6.07) is 6.06. The van der Waals surface area contributed by atoms with Crippen molar-refractivity contribution in [2.75, 3.05) is 13.9 Å². The summed E-state index contributed by atoms with van der Waals surface area (Å²) < 4.78 is 16.8. The summed E-state index contributed by atoms with van der Waals surface area (Å²) in [5, 5.41) is 8.95. The van der Waals surface area contributed by atoms with Gasteiger partial charge in [0.25, 0.3) is 0 Å². The van der Waals surface area contributed by atoms with Crippen LogP contribution in [-0.4, -0.2) is 29.7 Å². The zero-order valence-corrected chi connectivity index (χ0v) is 14.5. The lowest BCUT2D eigenvalue weighted by Crippen LogP contribution is -2.25. The normalized spacial score (nSPS) is 17.6. The fourth-order valence-corrected chi connectivity index (χ4v) is 3.37. The van der Waals surface area contributed by atoms with E-state index in [1.54, 1.807) is 7.11 Å². The predicted molar refractivity (Wildman–Crippen MR) is 90.2 cm³/mol. The number of fused-ring (bicyclic) bond motifs is 1. The second kappa shape index (κ2) is 5.99. The summed E-state index contributed by atoms with van der Waals surface area (Å²) in [5.41, 5.74) is 4.91. The Bertz CT molecular complexity index is 790. The van der Waals surface area contributed by atoms with Crippen molar-refractivity contribution in [1.82, 2.24) is 10.2 Å². The van der Waals surface area contributed by atoms with E-state index < -0.39 is 0 Å². The molecule has 2 aromatic rings. The molecule has 1 spiro atoms. The second-order valence-corrected chi connectivity index (χ2v) is 6.85. The highest BCUT2D eigenvalue weighted by Gasteiger charge is 2.48. The number of hydrogen-bond donors (Lipinski definition) is 0. The predicted octanol–water partition coefficient (Wildman–Crippen LogP) is 3.69. The van der Waals surface area contributed by atoms with Crippen LogP contribution >= 0.6 is 11.6 Å². The lowest BCUT2D eigenvalue weighted by atomic mass is 9.93. The van der Waals surface area contributed by atoms with E-state index in [0.717, 1.165) is 53.0 Å². The van der Waals surface area contributed by atoms with Crippen molar-refractivity contribution in [3.05, 3.63) is 40.0 Å². The molecule has 4 rings (SSSR count). The molecule has 0 amide bonds. The summed E-state index contributed by atoms with van der Waals surface area (Å²) >= 11 is 6.26. The molecule has 0 N–H and O–H groups in total. The van der Waals surface area contributed by atoms with Gasteiger partial charge >= 0.3 is 0 Å². The van der Waals surface area contributed by atoms with Crippen LogP contribution in [0.3, 0.4) is 0 Å². The van der Waals surface area contributed by atoms with Crippen LogP contribution in [0.5, 0.6) is 5.75 Å². The van der Waals surface area contributed by atoms with E-state index in [4.69, 9.17) is 25.8 Å². The van der Waals surface area contributed by atoms with Crippen molar-refractivity contribution in [3.8, 4) is 17.0 Å². The quantitative estimate of drug-likeness (QED) is 0.790. The molecule has 6 heteroatoms. The van der Waals surface area contributed by atoms with E-state index in [1.807, 2.05) is 25.1 Å². The van der Waals surface area contributed by atoms with Gasteiger partial charge in [-0.1, -0.05) is 17.7 Å². The fourth-order valence-electron chi connectivity index (χ4n) is 3.16. The Morgan fingerprint density at radius 3 is 2.83 bits per heavy atom. The first kappa shape index (κ1) is 15.8. The molecule has 1 aromatic heterocycles. The number of aryl methyl sites for hydroxylation is 1. The molecule has 0 bridgehead atoms. The van der Waals surface area contributed by atoms with Gasteiger partial charge in [-0.05, 0) is 43.0 Å². The van der Waals surface area contributed by atoms with Crippen LogP contribution in [0.1, 0.15) is 29.5 Å². The van der Waals surface area contributed by atoms with E-state index in [2.05, 4.69) is 10.2 Å². The lowest BCUT2D eigenvalue weighted by Gasteiger charge is -2.27. The third-order valence-corrected chi connectivity index (χ3v) is 4.99. The molecule has 1 fully saturated rings. The Hall–Kier alpha value is -1.69. The highest BCUT2D eigenvalue weighted by Crippen LogP contribution is 2.49. The number of hydrogen-bond acceptors (Lipinski definition) is 5. The first-order valence-electron chi connectivity index (χ1n) is 8.02. The third kappa shape index (κ3) is 2.77. The van der Waals surface area contributed by atoms with Crippen molar-refractivity contribution >= 4 is 11.6 Å². The van der Waals surface area contributed by atoms with Crippen LogP contribution in [0.15, 0.2) is 18.2 Å². The van der Waals surface area contributed by atoms with Gasteiger partial charge in [0.15, 0.2) is 11.9 Å². The van der Waals surface area contributed by atoms with Crippen LogP contribution in [0, 0.1) is 6.92 Å². The highest BCUT2D eigenvalue weighted by molar-refractivity contribution is 6.30. The van der Waals surface area contributed by atoms with Crippen molar-refractivity contribution in [2.24, 2.45) is 0 Å². The molecular weight excluding hydrogens is 328 g/mol. The van der Waals surface area contributed by atoms with Gasteiger partial charge in [-0.15, -0.1) is 10.2 Å². The van der Waals surface area contributed by atoms with Crippen LogP contribution in [0.25, 0.3) is 11.3 Å². The van der Waals surface area contributed by atoms with Crippen LogP contribution < -0.4 is 4.74 Å². The molecule has 2 aliphatic rings. The smallest absolute Gasteiger partial charge is 0.188 e. The van der Waals surface area contributed by atoms with Crippen molar-refractivity contribution < 1.29 is 14.2 Å². The molecule has 0 radical (unpaired) electrons. The Balaban J connectivity index is 1.83. The zero-order valence-electron chi connectivity index (χ0n) is 13.8. The molecule has 1 aliphatic heterocycles. The largest absolute Gasteiger partial charge is 0.467 e. The standard InChI is InChI=1S/C18H19ClN2O3/c1-11-3-4-12(15(7-11)23-10-22-2)16-13-8-18(5-6-18)24-9-14(13)17(19)21-20-16/h3-4,7H,5-6,8-10H2,1-2H3. The number of benzene rings is 1. The van der Waals surface area contributed by atoms with Crippen LogP contribution in [0.2, 0.25) is 5.15 Å². The van der Waals surface area contributed by atoms with E-state index in [9.17, 15) is 0 Å². The van der Waals surface area contributed by atoms with Crippen LogP contribution in [-0.2, 0) is 22.5 Å². The number of halogens is 1. The molecule has 1 saturated carbocycles. The minimum absolute atomic E-state index is 0.0215. The first-order chi connectivity index (χ1) is 11.6. The minimum atomic E-state index is -0.0215. The number of nitrogens with zero attached hydrogens (tertiary/aromatic N) is 2. The maximum Gasteiger partial charge on any atom is 0.188 e. The second-order valence-electron chi connectivity index (χ2n) is 6.50. The molecule has 1 aromatic carbocycles. The van der Waals surface area contributed by atoms with E-state index >= 15 is 0 Å². The minimum Gasteiger partial charge on any atom is -0.467 e. The summed E-state index contributed by atoms with van der Waals surface area (Å²) in [6.45, 7) is 2.71. The van der Waals surface area contributed by atoms with Crippen LogP contribution in [0.4, 0.5) is 0 Å². The van der Waals surface area contributed by atoms with Gasteiger partial charge < -0.3 is 14.2 Å². The maximum atomic E-state index is 6.26. The monoisotopic (exact) mass is 346 g/mol. The zero-order chi connectivity index (χ0) is 16.7. The molecule has 24 heavy (non-hydrogen) atoms. The average Bonchev–Trinajstić information content (AvgIpc) is 3.32. The van der Waals surface area contributed by atoms with Gasteiger partial charge in [-0.2, -0.15) is 0 Å². The van der Waals surface area contributed by atoms with Crippen molar-refractivity contribution in [1.29, 1.82) is 0 Å². The number of ether oxygens (including phenoxy) is 3. The first-order valence-corrected chi connectivity index (χ1v) is 8.40. The summed E-state index contributed by atoms with van der Waals surface area (Å²) in [5.74, 6) is 0.743. The molecular formula is C18H19ClN2O3. The topological polar surface area (TPSA) is 53.5 Å². The Morgan fingerprint density at radius 2 is 2.08 bits per heavy atom. The van der Waals surface area contributed by atoms with Gasteiger partial charge in [0.05, 0.1) is 12.2 Å². The Kier molecular flexibility index (Phi) is 3.95. The highest BCUT2D eigenvalue weighted by atomic mass is 35.5. The van der Waals surface area contributed by atoms with Gasteiger partial charge in [-0.25, -0.2) is 0 Å². The van der Waals surface area contributed by atoms with Crippen molar-refractivity contribution in [3.63, 3.8) is 0 Å². The lowest BCUT2D eigenvalue weighted by molar-refractivity contribution is 0.00796. The third-order valence-electron chi connectivity index (χ3n) is 4.69. The van der Waals surface area contributed by atoms with Gasteiger partial charge in [0.1, 0.15) is 11.4 Å². The molecule has 0 unspecified atom stereocenters. The number of rotatable bonds is 4. The van der Waals surface area contributed by atoms with Crippen molar-refractivity contribution in [2.45, 2.75) is 38.4 Å². The van der Waals surface area contributed by atoms with Gasteiger partial charge in [0, 0.05) is 24.7 Å². The summed E-state index contributed by atoms with van der Waals surface area (Å²) in [6.07, 6.45) is 3.00. The Morgan fingerprint density at radius 1 is 1.25 bits per heavy atom. The molecule has 1 aliphatic carbocycles. The number of aromatic nitrogens is 2. The van der Waals surface area contributed by atoms with E-state index in [1.165, 1.54) is 0 Å². The van der Waals surface area contributed by atoms with E-state index in [0.29, 0.717) is 11.8 Å². The maximum absolute atomic E-state index is 6.26. The Labute approximate surface area is 145 Å². The fraction of sp³-hybridized carbons (Fsp3) is 0.444. The molecule has 5 nitrogen and oxygen atoms in total.